The van der Waals surface area contributed by atoms with Crippen LogP contribution in [0.3, 0.4) is 0 Å². The van der Waals surface area contributed by atoms with Crippen LogP contribution >= 0.6 is 0 Å². The van der Waals surface area contributed by atoms with E-state index in [1.54, 1.807) is 6.33 Å². The maximum Gasteiger partial charge on any atom is 0.133 e. The standard InChI is InChI=1S/C15H24N4/c1-2-8-19-9-6-12(7-10-19)18-15-13-4-3-5-14(13)16-11-17-15/h11-12H,2-10H2,1H3,(H,16,17,18). The summed E-state index contributed by atoms with van der Waals surface area (Å²) >= 11 is 0. The largest absolute Gasteiger partial charge is 0.367 e. The first kappa shape index (κ1) is 12.9. The molecule has 1 N–H and O–H groups in total. The summed E-state index contributed by atoms with van der Waals surface area (Å²) in [7, 11) is 0. The molecule has 1 aliphatic carbocycles. The van der Waals surface area contributed by atoms with Gasteiger partial charge in [-0.1, -0.05) is 6.92 Å². The van der Waals surface area contributed by atoms with Crippen LogP contribution in [-0.4, -0.2) is 40.5 Å². The Kier molecular flexibility index (Phi) is 3.97. The van der Waals surface area contributed by atoms with E-state index < -0.39 is 0 Å². The van der Waals surface area contributed by atoms with Crippen molar-refractivity contribution in [2.45, 2.75) is 51.5 Å². The monoisotopic (exact) mass is 260 g/mol. The number of anilines is 1. The third-order valence-electron chi connectivity index (χ3n) is 4.34. The van der Waals surface area contributed by atoms with Crippen LogP contribution in [0.1, 0.15) is 43.9 Å². The van der Waals surface area contributed by atoms with Crippen LogP contribution < -0.4 is 5.32 Å². The molecule has 0 radical (unpaired) electrons. The van der Waals surface area contributed by atoms with E-state index in [2.05, 4.69) is 27.1 Å². The first-order valence-electron chi connectivity index (χ1n) is 7.68. The maximum atomic E-state index is 4.46. The van der Waals surface area contributed by atoms with Crippen molar-refractivity contribution in [3.05, 3.63) is 17.6 Å². The Labute approximate surface area is 115 Å². The van der Waals surface area contributed by atoms with Gasteiger partial charge < -0.3 is 10.2 Å². The Morgan fingerprint density at radius 2 is 2.11 bits per heavy atom. The van der Waals surface area contributed by atoms with E-state index in [1.807, 2.05) is 0 Å². The van der Waals surface area contributed by atoms with E-state index in [0.717, 1.165) is 18.7 Å². The van der Waals surface area contributed by atoms with Crippen LogP contribution in [0.5, 0.6) is 0 Å². The van der Waals surface area contributed by atoms with Gasteiger partial charge in [0.2, 0.25) is 0 Å². The van der Waals surface area contributed by atoms with Crippen LogP contribution in [0.4, 0.5) is 5.82 Å². The second-order valence-corrected chi connectivity index (χ2v) is 5.76. The van der Waals surface area contributed by atoms with Crippen molar-refractivity contribution in [1.29, 1.82) is 0 Å². The summed E-state index contributed by atoms with van der Waals surface area (Å²) in [4.78, 5) is 11.4. The van der Waals surface area contributed by atoms with Crippen molar-refractivity contribution >= 4 is 5.82 Å². The van der Waals surface area contributed by atoms with Crippen molar-refractivity contribution < 1.29 is 0 Å². The molecule has 0 aromatic carbocycles. The first-order valence-corrected chi connectivity index (χ1v) is 7.68. The molecule has 1 aromatic rings. The zero-order valence-electron chi connectivity index (χ0n) is 11.9. The average Bonchev–Trinajstić information content (AvgIpc) is 2.91. The molecule has 1 aromatic heterocycles. The van der Waals surface area contributed by atoms with Gasteiger partial charge in [-0.25, -0.2) is 9.97 Å². The fourth-order valence-corrected chi connectivity index (χ4v) is 3.29. The number of hydrogen-bond acceptors (Lipinski definition) is 4. The van der Waals surface area contributed by atoms with Gasteiger partial charge in [-0.15, -0.1) is 0 Å². The molecule has 19 heavy (non-hydrogen) atoms. The molecule has 4 nitrogen and oxygen atoms in total. The van der Waals surface area contributed by atoms with Gasteiger partial charge in [0.15, 0.2) is 0 Å². The fourth-order valence-electron chi connectivity index (χ4n) is 3.29. The van der Waals surface area contributed by atoms with Crippen molar-refractivity contribution in [1.82, 2.24) is 14.9 Å². The molecule has 1 fully saturated rings. The highest BCUT2D eigenvalue weighted by atomic mass is 15.1. The number of nitrogens with one attached hydrogen (secondary N) is 1. The SMILES string of the molecule is CCCN1CCC(Nc2ncnc3c2CCC3)CC1. The zero-order chi connectivity index (χ0) is 13.1. The molecular weight excluding hydrogens is 236 g/mol. The predicted molar refractivity (Wildman–Crippen MR) is 77.4 cm³/mol. The molecule has 3 rings (SSSR count). The highest BCUT2D eigenvalue weighted by molar-refractivity contribution is 5.48. The van der Waals surface area contributed by atoms with E-state index in [4.69, 9.17) is 0 Å². The smallest absolute Gasteiger partial charge is 0.133 e. The second kappa shape index (κ2) is 5.87. The normalized spacial score (nSPS) is 20.5. The van der Waals surface area contributed by atoms with Gasteiger partial charge in [0.25, 0.3) is 0 Å². The molecule has 4 heteroatoms. The van der Waals surface area contributed by atoms with E-state index in [0.29, 0.717) is 6.04 Å². The van der Waals surface area contributed by atoms with Gasteiger partial charge in [0.05, 0.1) is 0 Å². The number of piperidine rings is 1. The zero-order valence-corrected chi connectivity index (χ0v) is 11.9. The molecule has 2 heterocycles. The quantitative estimate of drug-likeness (QED) is 0.901. The Morgan fingerprint density at radius 3 is 2.89 bits per heavy atom. The lowest BCUT2D eigenvalue weighted by Gasteiger charge is -2.32. The molecule has 0 amide bonds. The Hall–Kier alpha value is -1.16. The van der Waals surface area contributed by atoms with Gasteiger partial charge in [0.1, 0.15) is 12.1 Å². The molecule has 0 saturated carbocycles. The lowest BCUT2D eigenvalue weighted by Crippen LogP contribution is -2.39. The molecule has 0 unspecified atom stereocenters. The minimum absolute atomic E-state index is 0.590. The minimum Gasteiger partial charge on any atom is -0.367 e. The van der Waals surface area contributed by atoms with Gasteiger partial charge in [0, 0.05) is 30.4 Å². The first-order chi connectivity index (χ1) is 9.36. The Balaban J connectivity index is 1.60. The summed E-state index contributed by atoms with van der Waals surface area (Å²) in [5, 5.41) is 3.67. The Morgan fingerprint density at radius 1 is 1.26 bits per heavy atom. The maximum absolute atomic E-state index is 4.46. The third-order valence-corrected chi connectivity index (χ3v) is 4.34. The lowest BCUT2D eigenvalue weighted by atomic mass is 10.0. The molecule has 0 spiro atoms. The summed E-state index contributed by atoms with van der Waals surface area (Å²) in [5.74, 6) is 1.11. The summed E-state index contributed by atoms with van der Waals surface area (Å²) in [5.41, 5.74) is 2.64. The fraction of sp³-hybridized carbons (Fsp3) is 0.733. The number of nitrogens with zero attached hydrogens (tertiary/aromatic N) is 3. The summed E-state index contributed by atoms with van der Waals surface area (Å²) in [6, 6.07) is 0.590. The molecule has 1 saturated heterocycles. The summed E-state index contributed by atoms with van der Waals surface area (Å²) in [6.45, 7) is 5.95. The second-order valence-electron chi connectivity index (χ2n) is 5.76. The van der Waals surface area contributed by atoms with Crippen molar-refractivity contribution in [2.75, 3.05) is 25.0 Å². The predicted octanol–water partition coefficient (Wildman–Crippen LogP) is 2.25. The number of hydrogen-bond donors (Lipinski definition) is 1. The van der Waals surface area contributed by atoms with Crippen molar-refractivity contribution in [3.63, 3.8) is 0 Å². The van der Waals surface area contributed by atoms with E-state index in [9.17, 15) is 0 Å². The van der Waals surface area contributed by atoms with Gasteiger partial charge in [-0.3, -0.25) is 0 Å². The topological polar surface area (TPSA) is 41.0 Å². The highest BCUT2D eigenvalue weighted by Crippen LogP contribution is 2.26. The Bertz CT molecular complexity index is 424. The van der Waals surface area contributed by atoms with Crippen LogP contribution in [-0.2, 0) is 12.8 Å². The van der Waals surface area contributed by atoms with Crippen LogP contribution in [0.2, 0.25) is 0 Å². The number of likely N-dealkylation sites (tertiary alicyclic amines) is 1. The van der Waals surface area contributed by atoms with E-state index >= 15 is 0 Å². The van der Waals surface area contributed by atoms with Crippen LogP contribution in [0.25, 0.3) is 0 Å². The molecule has 104 valence electrons. The van der Waals surface area contributed by atoms with Crippen molar-refractivity contribution in [2.24, 2.45) is 0 Å². The molecule has 0 atom stereocenters. The molecule has 2 aliphatic rings. The van der Waals surface area contributed by atoms with Gasteiger partial charge in [-0.05, 0) is 45.1 Å². The average molecular weight is 260 g/mol. The summed E-state index contributed by atoms with van der Waals surface area (Å²) in [6.07, 6.45) is 8.96. The summed E-state index contributed by atoms with van der Waals surface area (Å²) < 4.78 is 0. The number of fused-ring (bicyclic) bond motifs is 1. The third kappa shape index (κ3) is 2.89. The number of aryl methyl sites for hydroxylation is 1. The van der Waals surface area contributed by atoms with Crippen LogP contribution in [0.15, 0.2) is 6.33 Å². The lowest BCUT2D eigenvalue weighted by molar-refractivity contribution is 0.219. The van der Waals surface area contributed by atoms with Gasteiger partial charge in [-0.2, -0.15) is 0 Å². The van der Waals surface area contributed by atoms with E-state index in [-0.39, 0.29) is 0 Å². The highest BCUT2D eigenvalue weighted by Gasteiger charge is 2.22. The molecule has 1 aliphatic heterocycles. The molecular formula is C15H24N4. The molecule has 0 bridgehead atoms. The number of rotatable bonds is 4. The minimum atomic E-state index is 0.590. The van der Waals surface area contributed by atoms with Crippen LogP contribution in [0, 0.1) is 0 Å². The van der Waals surface area contributed by atoms with E-state index in [1.165, 1.54) is 56.6 Å². The number of aromatic nitrogens is 2. The van der Waals surface area contributed by atoms with Crippen molar-refractivity contribution in [3.8, 4) is 0 Å². The van der Waals surface area contributed by atoms with Gasteiger partial charge >= 0.3 is 0 Å².